The van der Waals surface area contributed by atoms with Crippen molar-refractivity contribution in [1.82, 2.24) is 9.78 Å². The van der Waals surface area contributed by atoms with Gasteiger partial charge in [-0.05, 0) is 37.1 Å². The SMILES string of the molecule is CCc1nn(-c2ccc(F)cc2C)c(Cl)c1CCl. The molecule has 0 bridgehead atoms. The molecule has 0 amide bonds. The molecule has 0 spiro atoms. The Morgan fingerprint density at radius 1 is 1.39 bits per heavy atom. The molecule has 5 heteroatoms. The van der Waals surface area contributed by atoms with Crippen molar-refractivity contribution < 1.29 is 4.39 Å². The molecular weight excluding hydrogens is 274 g/mol. The Bertz CT molecular complexity index is 579. The molecule has 0 atom stereocenters. The summed E-state index contributed by atoms with van der Waals surface area (Å²) in [6, 6.07) is 4.52. The van der Waals surface area contributed by atoms with E-state index in [9.17, 15) is 4.39 Å². The molecule has 0 aliphatic rings. The fraction of sp³-hybridized carbons (Fsp3) is 0.308. The molecule has 2 aromatic rings. The molecule has 1 heterocycles. The van der Waals surface area contributed by atoms with Gasteiger partial charge in [-0.3, -0.25) is 0 Å². The van der Waals surface area contributed by atoms with E-state index in [0.717, 1.165) is 28.9 Å². The highest BCUT2D eigenvalue weighted by Crippen LogP contribution is 2.27. The van der Waals surface area contributed by atoms with Crippen LogP contribution in [0.25, 0.3) is 5.69 Å². The normalized spacial score (nSPS) is 10.9. The van der Waals surface area contributed by atoms with Crippen LogP contribution in [0.1, 0.15) is 23.7 Å². The second kappa shape index (κ2) is 5.29. The molecule has 18 heavy (non-hydrogen) atoms. The second-order valence-electron chi connectivity index (χ2n) is 4.05. The summed E-state index contributed by atoms with van der Waals surface area (Å²) in [5.74, 6) is 0.0511. The third-order valence-electron chi connectivity index (χ3n) is 2.86. The first kappa shape index (κ1) is 13.4. The third-order valence-corrected chi connectivity index (χ3v) is 3.52. The van der Waals surface area contributed by atoms with Gasteiger partial charge in [0.2, 0.25) is 0 Å². The van der Waals surface area contributed by atoms with E-state index in [-0.39, 0.29) is 5.82 Å². The lowest BCUT2D eigenvalue weighted by Gasteiger charge is -2.07. The van der Waals surface area contributed by atoms with Crippen LogP contribution in [0.3, 0.4) is 0 Å². The summed E-state index contributed by atoms with van der Waals surface area (Å²) in [4.78, 5) is 0. The van der Waals surface area contributed by atoms with Crippen LogP contribution in [0, 0.1) is 12.7 Å². The lowest BCUT2D eigenvalue weighted by molar-refractivity contribution is 0.625. The summed E-state index contributed by atoms with van der Waals surface area (Å²) >= 11 is 12.2. The van der Waals surface area contributed by atoms with E-state index in [0.29, 0.717) is 11.0 Å². The van der Waals surface area contributed by atoms with Gasteiger partial charge in [-0.1, -0.05) is 18.5 Å². The monoisotopic (exact) mass is 286 g/mol. The van der Waals surface area contributed by atoms with Gasteiger partial charge in [0.15, 0.2) is 0 Å². The van der Waals surface area contributed by atoms with E-state index < -0.39 is 0 Å². The summed E-state index contributed by atoms with van der Waals surface area (Å²) in [5.41, 5.74) is 3.26. The van der Waals surface area contributed by atoms with E-state index in [4.69, 9.17) is 23.2 Å². The Morgan fingerprint density at radius 2 is 2.11 bits per heavy atom. The van der Waals surface area contributed by atoms with Crippen molar-refractivity contribution >= 4 is 23.2 Å². The maximum Gasteiger partial charge on any atom is 0.137 e. The number of benzene rings is 1. The molecule has 0 aliphatic carbocycles. The first-order valence-corrected chi connectivity index (χ1v) is 6.58. The Morgan fingerprint density at radius 3 is 2.61 bits per heavy atom. The predicted molar refractivity (Wildman–Crippen MR) is 72.2 cm³/mol. The quantitative estimate of drug-likeness (QED) is 0.771. The Kier molecular flexibility index (Phi) is 3.93. The zero-order valence-corrected chi connectivity index (χ0v) is 11.7. The maximum absolute atomic E-state index is 13.1. The number of aryl methyl sites for hydroxylation is 2. The Balaban J connectivity index is 2.60. The third kappa shape index (κ3) is 2.25. The Labute approximate surface area is 115 Å². The van der Waals surface area contributed by atoms with Gasteiger partial charge in [-0.2, -0.15) is 5.10 Å². The van der Waals surface area contributed by atoms with Gasteiger partial charge in [0, 0.05) is 5.56 Å². The van der Waals surface area contributed by atoms with Crippen LogP contribution >= 0.6 is 23.2 Å². The van der Waals surface area contributed by atoms with Crippen molar-refractivity contribution in [3.8, 4) is 5.69 Å². The summed E-state index contributed by atoms with van der Waals surface area (Å²) in [6.07, 6.45) is 0.759. The lowest BCUT2D eigenvalue weighted by Crippen LogP contribution is -2.00. The van der Waals surface area contributed by atoms with Crippen LogP contribution in [-0.2, 0) is 12.3 Å². The van der Waals surface area contributed by atoms with E-state index >= 15 is 0 Å². The van der Waals surface area contributed by atoms with Gasteiger partial charge in [-0.25, -0.2) is 9.07 Å². The van der Waals surface area contributed by atoms with E-state index in [1.165, 1.54) is 12.1 Å². The number of hydrogen-bond acceptors (Lipinski definition) is 1. The molecule has 0 fully saturated rings. The average molecular weight is 287 g/mol. The van der Waals surface area contributed by atoms with Gasteiger partial charge in [0.1, 0.15) is 11.0 Å². The van der Waals surface area contributed by atoms with Crippen molar-refractivity contribution in [1.29, 1.82) is 0 Å². The molecule has 1 aromatic heterocycles. The van der Waals surface area contributed by atoms with Crippen molar-refractivity contribution in [2.45, 2.75) is 26.1 Å². The van der Waals surface area contributed by atoms with Gasteiger partial charge in [0.25, 0.3) is 0 Å². The maximum atomic E-state index is 13.1. The number of rotatable bonds is 3. The fourth-order valence-corrected chi connectivity index (χ4v) is 2.56. The minimum atomic E-state index is -0.271. The van der Waals surface area contributed by atoms with Gasteiger partial charge >= 0.3 is 0 Å². The zero-order chi connectivity index (χ0) is 13.3. The van der Waals surface area contributed by atoms with Gasteiger partial charge in [0.05, 0.1) is 17.3 Å². The molecule has 0 N–H and O–H groups in total. The molecule has 0 aliphatic heterocycles. The first-order chi connectivity index (χ1) is 8.58. The smallest absolute Gasteiger partial charge is 0.137 e. The summed E-state index contributed by atoms with van der Waals surface area (Å²) < 4.78 is 14.7. The molecule has 96 valence electrons. The van der Waals surface area contributed by atoms with E-state index in [1.807, 2.05) is 13.8 Å². The highest BCUT2D eigenvalue weighted by Gasteiger charge is 2.16. The molecule has 1 aromatic carbocycles. The van der Waals surface area contributed by atoms with Gasteiger partial charge < -0.3 is 0 Å². The first-order valence-electron chi connectivity index (χ1n) is 5.67. The summed E-state index contributed by atoms with van der Waals surface area (Å²) in [6.45, 7) is 3.82. The van der Waals surface area contributed by atoms with Crippen LogP contribution in [-0.4, -0.2) is 9.78 Å². The van der Waals surface area contributed by atoms with Crippen molar-refractivity contribution in [2.24, 2.45) is 0 Å². The van der Waals surface area contributed by atoms with Gasteiger partial charge in [-0.15, -0.1) is 11.6 Å². The Hall–Kier alpha value is -1.06. The molecule has 0 unspecified atom stereocenters. The number of aromatic nitrogens is 2. The molecular formula is C13H13Cl2FN2. The largest absolute Gasteiger partial charge is 0.221 e. The van der Waals surface area contributed by atoms with Crippen molar-refractivity contribution in [3.05, 3.63) is 46.0 Å². The number of hydrogen-bond donors (Lipinski definition) is 0. The molecule has 0 saturated heterocycles. The van der Waals surface area contributed by atoms with Crippen molar-refractivity contribution in [3.63, 3.8) is 0 Å². The molecule has 0 radical (unpaired) electrons. The molecule has 0 saturated carbocycles. The topological polar surface area (TPSA) is 17.8 Å². The van der Waals surface area contributed by atoms with Crippen LogP contribution in [0.15, 0.2) is 18.2 Å². The van der Waals surface area contributed by atoms with E-state index in [2.05, 4.69) is 5.10 Å². The van der Waals surface area contributed by atoms with Crippen LogP contribution < -0.4 is 0 Å². The standard InChI is InChI=1S/C13H13Cl2FN2/c1-3-11-10(7-14)13(15)18(17-11)12-5-4-9(16)6-8(12)2/h4-6H,3,7H2,1-2H3. The lowest BCUT2D eigenvalue weighted by atomic mass is 10.2. The highest BCUT2D eigenvalue weighted by atomic mass is 35.5. The average Bonchev–Trinajstić information content (AvgIpc) is 2.66. The molecule has 2 nitrogen and oxygen atoms in total. The predicted octanol–water partition coefficient (Wildman–Crippen LogP) is 4.27. The number of halogens is 3. The second-order valence-corrected chi connectivity index (χ2v) is 4.67. The number of nitrogens with zero attached hydrogens (tertiary/aromatic N) is 2. The van der Waals surface area contributed by atoms with Crippen LogP contribution in [0.4, 0.5) is 4.39 Å². The van der Waals surface area contributed by atoms with Crippen molar-refractivity contribution in [2.75, 3.05) is 0 Å². The highest BCUT2D eigenvalue weighted by molar-refractivity contribution is 6.31. The van der Waals surface area contributed by atoms with E-state index in [1.54, 1.807) is 10.7 Å². The summed E-state index contributed by atoms with van der Waals surface area (Å²) in [7, 11) is 0. The fourth-order valence-electron chi connectivity index (χ4n) is 1.90. The minimum absolute atomic E-state index is 0.271. The minimum Gasteiger partial charge on any atom is -0.221 e. The zero-order valence-electron chi connectivity index (χ0n) is 10.2. The summed E-state index contributed by atoms with van der Waals surface area (Å²) in [5, 5.41) is 4.93. The van der Waals surface area contributed by atoms with Crippen LogP contribution in [0.5, 0.6) is 0 Å². The number of alkyl halides is 1. The van der Waals surface area contributed by atoms with Crippen LogP contribution in [0.2, 0.25) is 5.15 Å². The molecule has 2 rings (SSSR count).